The van der Waals surface area contributed by atoms with Crippen molar-refractivity contribution in [3.05, 3.63) is 0 Å². The third-order valence-corrected chi connectivity index (χ3v) is 2.31. The lowest BCUT2D eigenvalue weighted by Gasteiger charge is -2.34. The van der Waals surface area contributed by atoms with Crippen LogP contribution in [0, 0.1) is 0 Å². The number of hydrogen-bond acceptors (Lipinski definition) is 1. The first-order valence-electron chi connectivity index (χ1n) is 3.89. The van der Waals surface area contributed by atoms with Crippen molar-refractivity contribution in [2.45, 2.75) is 39.2 Å². The summed E-state index contributed by atoms with van der Waals surface area (Å²) in [6.07, 6.45) is -1.35. The highest BCUT2D eigenvalue weighted by atomic mass is 19.3. The number of nitrogens with zero attached hydrogens (tertiary/aromatic N) is 1. The molecular formula is C8H17F2N. The fraction of sp³-hybridized carbons (Fsp3) is 1.00. The molecule has 0 rings (SSSR count). The Morgan fingerprint density at radius 1 is 1.36 bits per heavy atom. The largest absolute Gasteiger partial charge is 0.296 e. The lowest BCUT2D eigenvalue weighted by atomic mass is 10.0. The van der Waals surface area contributed by atoms with Crippen LogP contribution < -0.4 is 0 Å². The Balaban J connectivity index is 3.90. The molecule has 0 aliphatic heterocycles. The summed E-state index contributed by atoms with van der Waals surface area (Å²) in [6, 6.07) is 0. The number of hydrogen-bond donors (Lipinski definition) is 0. The molecule has 0 saturated heterocycles. The van der Waals surface area contributed by atoms with Crippen LogP contribution in [0.4, 0.5) is 8.78 Å². The van der Waals surface area contributed by atoms with Gasteiger partial charge in [0.25, 0.3) is 6.43 Å². The molecule has 0 radical (unpaired) electrons. The molecule has 0 unspecified atom stereocenters. The zero-order chi connectivity index (χ0) is 9.07. The smallest absolute Gasteiger partial charge is 0.251 e. The summed E-state index contributed by atoms with van der Waals surface area (Å²) in [6.45, 7) is 5.80. The van der Waals surface area contributed by atoms with Gasteiger partial charge in [0.2, 0.25) is 0 Å². The maximum absolute atomic E-state index is 11.9. The van der Waals surface area contributed by atoms with Crippen LogP contribution in [0.25, 0.3) is 0 Å². The molecule has 0 saturated carbocycles. The minimum absolute atomic E-state index is 0.115. The Morgan fingerprint density at radius 2 is 1.82 bits per heavy atom. The molecule has 0 aliphatic rings. The topological polar surface area (TPSA) is 3.24 Å². The summed E-state index contributed by atoms with van der Waals surface area (Å²) in [5.74, 6) is 0. The number of rotatable bonds is 4. The fourth-order valence-electron chi connectivity index (χ4n) is 0.724. The maximum Gasteiger partial charge on any atom is 0.251 e. The predicted octanol–water partition coefficient (Wildman–Crippen LogP) is 2.37. The first-order chi connectivity index (χ1) is 4.90. The second kappa shape index (κ2) is 4.00. The van der Waals surface area contributed by atoms with Crippen molar-refractivity contribution < 1.29 is 8.78 Å². The van der Waals surface area contributed by atoms with Crippen LogP contribution in [0.15, 0.2) is 0 Å². The standard InChI is InChI=1S/C8H17F2N/c1-5-8(2,3)11(4)6-7(9)10/h7H,5-6H2,1-4H3. The van der Waals surface area contributed by atoms with E-state index < -0.39 is 6.43 Å². The van der Waals surface area contributed by atoms with Crippen LogP contribution in [0.3, 0.4) is 0 Å². The Morgan fingerprint density at radius 3 is 2.09 bits per heavy atom. The molecule has 0 aliphatic carbocycles. The van der Waals surface area contributed by atoms with Crippen LogP contribution in [-0.2, 0) is 0 Å². The van der Waals surface area contributed by atoms with Crippen molar-refractivity contribution in [3.8, 4) is 0 Å². The van der Waals surface area contributed by atoms with Gasteiger partial charge in [-0.15, -0.1) is 0 Å². The van der Waals surface area contributed by atoms with Crippen LogP contribution >= 0.6 is 0 Å². The van der Waals surface area contributed by atoms with Crippen LogP contribution in [0.1, 0.15) is 27.2 Å². The van der Waals surface area contributed by atoms with E-state index in [-0.39, 0.29) is 12.1 Å². The van der Waals surface area contributed by atoms with Crippen molar-refractivity contribution in [1.29, 1.82) is 0 Å². The van der Waals surface area contributed by atoms with Gasteiger partial charge in [0, 0.05) is 5.54 Å². The summed E-state index contributed by atoms with van der Waals surface area (Å²) >= 11 is 0. The van der Waals surface area contributed by atoms with E-state index in [1.54, 1.807) is 11.9 Å². The molecule has 0 aromatic heterocycles. The molecule has 68 valence electrons. The van der Waals surface area contributed by atoms with Crippen molar-refractivity contribution in [1.82, 2.24) is 4.90 Å². The lowest BCUT2D eigenvalue weighted by molar-refractivity contribution is 0.0506. The van der Waals surface area contributed by atoms with Crippen molar-refractivity contribution >= 4 is 0 Å². The zero-order valence-electron chi connectivity index (χ0n) is 7.69. The maximum atomic E-state index is 11.9. The normalized spacial score (nSPS) is 13.1. The SMILES string of the molecule is CCC(C)(C)N(C)CC(F)F. The van der Waals surface area contributed by atoms with Crippen molar-refractivity contribution in [3.63, 3.8) is 0 Å². The Bertz CT molecular complexity index is 113. The number of halogens is 2. The third-order valence-electron chi connectivity index (χ3n) is 2.31. The highest BCUT2D eigenvalue weighted by Crippen LogP contribution is 2.16. The van der Waals surface area contributed by atoms with Gasteiger partial charge in [-0.25, -0.2) is 8.78 Å². The predicted molar refractivity (Wildman–Crippen MR) is 43.0 cm³/mol. The molecule has 11 heavy (non-hydrogen) atoms. The fourth-order valence-corrected chi connectivity index (χ4v) is 0.724. The minimum atomic E-state index is -2.23. The second-order valence-corrected chi connectivity index (χ2v) is 3.44. The average molecular weight is 165 g/mol. The molecule has 0 heterocycles. The average Bonchev–Trinajstić information content (AvgIpc) is 1.86. The van der Waals surface area contributed by atoms with E-state index >= 15 is 0 Å². The molecule has 0 fully saturated rings. The van der Waals surface area contributed by atoms with E-state index in [0.29, 0.717) is 0 Å². The Hall–Kier alpha value is -0.180. The van der Waals surface area contributed by atoms with E-state index in [2.05, 4.69) is 0 Å². The molecule has 1 nitrogen and oxygen atoms in total. The Kier molecular flexibility index (Phi) is 3.93. The molecule has 0 bridgehead atoms. The first kappa shape index (κ1) is 10.8. The van der Waals surface area contributed by atoms with E-state index in [9.17, 15) is 8.78 Å². The van der Waals surface area contributed by atoms with Crippen LogP contribution in [-0.4, -0.2) is 30.5 Å². The van der Waals surface area contributed by atoms with Crippen LogP contribution in [0.2, 0.25) is 0 Å². The molecule has 0 N–H and O–H groups in total. The van der Waals surface area contributed by atoms with E-state index in [0.717, 1.165) is 6.42 Å². The van der Waals surface area contributed by atoms with Gasteiger partial charge in [-0.1, -0.05) is 6.92 Å². The van der Waals surface area contributed by atoms with E-state index in [1.807, 2.05) is 20.8 Å². The first-order valence-corrected chi connectivity index (χ1v) is 3.89. The van der Waals surface area contributed by atoms with Gasteiger partial charge < -0.3 is 0 Å². The van der Waals surface area contributed by atoms with Gasteiger partial charge >= 0.3 is 0 Å². The summed E-state index contributed by atoms with van der Waals surface area (Å²) < 4.78 is 23.8. The highest BCUT2D eigenvalue weighted by Gasteiger charge is 2.23. The monoisotopic (exact) mass is 165 g/mol. The molecule has 0 aromatic rings. The summed E-state index contributed by atoms with van der Waals surface area (Å²) in [5.41, 5.74) is -0.115. The summed E-state index contributed by atoms with van der Waals surface area (Å²) in [4.78, 5) is 1.69. The third kappa shape index (κ3) is 3.65. The van der Waals surface area contributed by atoms with Gasteiger partial charge in [0.15, 0.2) is 0 Å². The minimum Gasteiger partial charge on any atom is -0.296 e. The molecular weight excluding hydrogens is 148 g/mol. The van der Waals surface area contributed by atoms with Gasteiger partial charge in [-0.2, -0.15) is 0 Å². The van der Waals surface area contributed by atoms with Gasteiger partial charge in [-0.3, -0.25) is 4.90 Å². The summed E-state index contributed by atoms with van der Waals surface area (Å²) in [5, 5.41) is 0. The van der Waals surface area contributed by atoms with Crippen LogP contribution in [0.5, 0.6) is 0 Å². The van der Waals surface area contributed by atoms with Crippen molar-refractivity contribution in [2.24, 2.45) is 0 Å². The second-order valence-electron chi connectivity index (χ2n) is 3.44. The van der Waals surface area contributed by atoms with Gasteiger partial charge in [0.1, 0.15) is 0 Å². The molecule has 0 spiro atoms. The summed E-state index contributed by atoms with van der Waals surface area (Å²) in [7, 11) is 1.73. The molecule has 3 heteroatoms. The molecule has 0 amide bonds. The van der Waals surface area contributed by atoms with Gasteiger partial charge in [-0.05, 0) is 27.3 Å². The highest BCUT2D eigenvalue weighted by molar-refractivity contribution is 4.77. The van der Waals surface area contributed by atoms with E-state index in [4.69, 9.17) is 0 Å². The van der Waals surface area contributed by atoms with Crippen molar-refractivity contribution in [2.75, 3.05) is 13.6 Å². The van der Waals surface area contributed by atoms with Gasteiger partial charge in [0.05, 0.1) is 6.54 Å². The Labute approximate surface area is 67.4 Å². The number of alkyl halides is 2. The molecule has 0 atom stereocenters. The zero-order valence-corrected chi connectivity index (χ0v) is 7.69. The quantitative estimate of drug-likeness (QED) is 0.618. The molecule has 0 aromatic carbocycles. The lowest BCUT2D eigenvalue weighted by Crippen LogP contribution is -2.42. The van der Waals surface area contributed by atoms with E-state index in [1.165, 1.54) is 0 Å².